The molecule has 2 heterocycles. The van der Waals surface area contributed by atoms with Crippen molar-refractivity contribution in [2.24, 2.45) is 7.05 Å². The predicted octanol–water partition coefficient (Wildman–Crippen LogP) is 0.584. The van der Waals surface area contributed by atoms with E-state index in [9.17, 15) is 4.79 Å². The Morgan fingerprint density at radius 1 is 1.40 bits per heavy atom. The number of aryl methyl sites for hydroxylation is 1. The predicted molar refractivity (Wildman–Crippen MR) is 70.1 cm³/mol. The molecule has 0 aliphatic carbocycles. The number of ether oxygens (including phenoxy) is 1. The highest BCUT2D eigenvalue weighted by Crippen LogP contribution is 2.11. The molecule has 0 saturated carbocycles. The maximum Gasteiger partial charge on any atom is 0.360 e. The van der Waals surface area contributed by atoms with Gasteiger partial charge in [-0.25, -0.2) is 14.5 Å². The standard InChI is InChI=1S/C12H18N6O2/c1-4-6-9-11(12(19)20-5-2)15-16-18(9)7-10-13-8-14-17(10)3/h8H,4-7H2,1-3H3. The van der Waals surface area contributed by atoms with E-state index in [4.69, 9.17) is 4.74 Å². The second kappa shape index (κ2) is 6.27. The van der Waals surface area contributed by atoms with E-state index in [2.05, 4.69) is 20.4 Å². The number of nitrogens with zero attached hydrogens (tertiary/aromatic N) is 6. The SMILES string of the molecule is CCCc1c(C(=O)OCC)nnn1Cc1ncnn1C. The molecule has 2 rings (SSSR count). The van der Waals surface area contributed by atoms with E-state index in [0.717, 1.165) is 17.9 Å². The zero-order valence-electron chi connectivity index (χ0n) is 11.9. The van der Waals surface area contributed by atoms with Crippen LogP contribution in [-0.4, -0.2) is 42.3 Å². The number of esters is 1. The molecule has 8 heteroatoms. The molecule has 108 valence electrons. The van der Waals surface area contributed by atoms with Gasteiger partial charge in [0.1, 0.15) is 18.7 Å². The Balaban J connectivity index is 2.29. The average Bonchev–Trinajstić information content (AvgIpc) is 2.99. The van der Waals surface area contributed by atoms with E-state index in [1.54, 1.807) is 16.3 Å². The molecule has 0 spiro atoms. The Morgan fingerprint density at radius 3 is 2.80 bits per heavy atom. The zero-order chi connectivity index (χ0) is 14.5. The normalized spacial score (nSPS) is 10.8. The Labute approximate surface area is 116 Å². The highest BCUT2D eigenvalue weighted by atomic mass is 16.5. The molecule has 0 unspecified atom stereocenters. The fourth-order valence-electron chi connectivity index (χ4n) is 1.90. The first-order chi connectivity index (χ1) is 9.67. The first-order valence-electron chi connectivity index (χ1n) is 6.59. The smallest absolute Gasteiger partial charge is 0.360 e. The van der Waals surface area contributed by atoms with Gasteiger partial charge in [-0.1, -0.05) is 18.6 Å². The lowest BCUT2D eigenvalue weighted by molar-refractivity contribution is 0.0518. The monoisotopic (exact) mass is 278 g/mol. The Morgan fingerprint density at radius 2 is 2.20 bits per heavy atom. The summed E-state index contributed by atoms with van der Waals surface area (Å²) in [4.78, 5) is 16.0. The van der Waals surface area contributed by atoms with Crippen LogP contribution in [0.3, 0.4) is 0 Å². The van der Waals surface area contributed by atoms with E-state index in [0.29, 0.717) is 19.6 Å². The van der Waals surface area contributed by atoms with Gasteiger partial charge in [0.25, 0.3) is 0 Å². The summed E-state index contributed by atoms with van der Waals surface area (Å²) in [5, 5.41) is 12.0. The van der Waals surface area contributed by atoms with Crippen molar-refractivity contribution in [3.63, 3.8) is 0 Å². The summed E-state index contributed by atoms with van der Waals surface area (Å²) in [6.07, 6.45) is 3.08. The number of rotatable bonds is 6. The van der Waals surface area contributed by atoms with Gasteiger partial charge >= 0.3 is 5.97 Å². The lowest BCUT2D eigenvalue weighted by atomic mass is 10.2. The van der Waals surface area contributed by atoms with Crippen LogP contribution in [0, 0.1) is 0 Å². The molecule has 0 aromatic carbocycles. The second-order valence-corrected chi connectivity index (χ2v) is 4.31. The van der Waals surface area contributed by atoms with E-state index in [-0.39, 0.29) is 5.69 Å². The summed E-state index contributed by atoms with van der Waals surface area (Å²) in [5.41, 5.74) is 1.06. The van der Waals surface area contributed by atoms with Crippen LogP contribution in [0.5, 0.6) is 0 Å². The zero-order valence-corrected chi connectivity index (χ0v) is 11.9. The summed E-state index contributed by atoms with van der Waals surface area (Å²) in [7, 11) is 1.81. The highest BCUT2D eigenvalue weighted by molar-refractivity contribution is 5.88. The van der Waals surface area contributed by atoms with Crippen molar-refractivity contribution in [2.45, 2.75) is 33.2 Å². The summed E-state index contributed by atoms with van der Waals surface area (Å²) >= 11 is 0. The molecule has 8 nitrogen and oxygen atoms in total. The quantitative estimate of drug-likeness (QED) is 0.718. The van der Waals surface area contributed by atoms with Gasteiger partial charge in [0.05, 0.1) is 12.3 Å². The lowest BCUT2D eigenvalue weighted by Crippen LogP contribution is -2.13. The van der Waals surface area contributed by atoms with Crippen LogP contribution in [-0.2, 0) is 24.8 Å². The van der Waals surface area contributed by atoms with Gasteiger partial charge in [-0.3, -0.25) is 4.68 Å². The minimum absolute atomic E-state index is 0.288. The largest absolute Gasteiger partial charge is 0.461 e. The van der Waals surface area contributed by atoms with Crippen LogP contribution < -0.4 is 0 Å². The molecule has 0 saturated heterocycles. The Hall–Kier alpha value is -2.25. The van der Waals surface area contributed by atoms with Crippen LogP contribution in [0.25, 0.3) is 0 Å². The van der Waals surface area contributed by atoms with Crippen LogP contribution >= 0.6 is 0 Å². The molecule has 0 fully saturated rings. The lowest BCUT2D eigenvalue weighted by Gasteiger charge is -2.06. The van der Waals surface area contributed by atoms with Crippen molar-refractivity contribution in [1.82, 2.24) is 29.8 Å². The van der Waals surface area contributed by atoms with E-state index >= 15 is 0 Å². The van der Waals surface area contributed by atoms with Gasteiger partial charge in [0.15, 0.2) is 5.69 Å². The fourth-order valence-corrected chi connectivity index (χ4v) is 1.90. The summed E-state index contributed by atoms with van der Waals surface area (Å²) < 4.78 is 8.35. The summed E-state index contributed by atoms with van der Waals surface area (Å²) in [5.74, 6) is 0.322. The Kier molecular flexibility index (Phi) is 4.44. The van der Waals surface area contributed by atoms with Crippen molar-refractivity contribution in [2.75, 3.05) is 6.61 Å². The molecule has 2 aromatic rings. The molecule has 0 aliphatic heterocycles. The average molecular weight is 278 g/mol. The molecular weight excluding hydrogens is 260 g/mol. The van der Waals surface area contributed by atoms with Gasteiger partial charge in [-0.15, -0.1) is 5.10 Å². The van der Waals surface area contributed by atoms with Crippen molar-refractivity contribution in [3.05, 3.63) is 23.5 Å². The molecular formula is C12H18N6O2. The van der Waals surface area contributed by atoms with Gasteiger partial charge in [-0.05, 0) is 13.3 Å². The van der Waals surface area contributed by atoms with Gasteiger partial charge in [0.2, 0.25) is 0 Å². The molecule has 2 aromatic heterocycles. The molecule has 20 heavy (non-hydrogen) atoms. The third-order valence-corrected chi connectivity index (χ3v) is 2.89. The number of carbonyl (C=O) groups excluding carboxylic acids is 1. The molecule has 0 atom stereocenters. The maximum atomic E-state index is 11.9. The molecule has 0 bridgehead atoms. The van der Waals surface area contributed by atoms with Crippen molar-refractivity contribution in [1.29, 1.82) is 0 Å². The van der Waals surface area contributed by atoms with Crippen LogP contribution in [0.2, 0.25) is 0 Å². The number of hydrogen-bond donors (Lipinski definition) is 0. The highest BCUT2D eigenvalue weighted by Gasteiger charge is 2.20. The Bertz CT molecular complexity index is 589. The van der Waals surface area contributed by atoms with E-state index in [1.165, 1.54) is 6.33 Å². The molecule has 0 N–H and O–H groups in total. The summed E-state index contributed by atoms with van der Waals surface area (Å²) in [6, 6.07) is 0. The second-order valence-electron chi connectivity index (χ2n) is 4.31. The van der Waals surface area contributed by atoms with Crippen LogP contribution in [0.15, 0.2) is 6.33 Å². The van der Waals surface area contributed by atoms with Crippen LogP contribution in [0.1, 0.15) is 42.3 Å². The third-order valence-electron chi connectivity index (χ3n) is 2.89. The van der Waals surface area contributed by atoms with Gasteiger partial charge in [0, 0.05) is 7.05 Å². The number of carbonyl (C=O) groups is 1. The van der Waals surface area contributed by atoms with Crippen molar-refractivity contribution < 1.29 is 9.53 Å². The fraction of sp³-hybridized carbons (Fsp3) is 0.583. The summed E-state index contributed by atoms with van der Waals surface area (Å²) in [6.45, 7) is 4.55. The molecule has 0 amide bonds. The first kappa shape index (κ1) is 14.2. The van der Waals surface area contributed by atoms with E-state index < -0.39 is 5.97 Å². The van der Waals surface area contributed by atoms with Crippen molar-refractivity contribution in [3.8, 4) is 0 Å². The van der Waals surface area contributed by atoms with Gasteiger partial charge < -0.3 is 4.74 Å². The molecule has 0 radical (unpaired) electrons. The van der Waals surface area contributed by atoms with E-state index in [1.807, 2.05) is 14.0 Å². The van der Waals surface area contributed by atoms with Crippen LogP contribution in [0.4, 0.5) is 0 Å². The number of aromatic nitrogens is 6. The molecule has 0 aliphatic rings. The minimum Gasteiger partial charge on any atom is -0.461 e. The third kappa shape index (κ3) is 2.84. The first-order valence-corrected chi connectivity index (χ1v) is 6.59. The maximum absolute atomic E-state index is 11.9. The minimum atomic E-state index is -0.430. The topological polar surface area (TPSA) is 87.7 Å². The van der Waals surface area contributed by atoms with Crippen molar-refractivity contribution >= 4 is 5.97 Å². The number of hydrogen-bond acceptors (Lipinski definition) is 6. The van der Waals surface area contributed by atoms with Gasteiger partial charge in [-0.2, -0.15) is 5.10 Å².